The lowest BCUT2D eigenvalue weighted by Crippen LogP contribution is -2.65. The number of carbonyl (C=O) groups is 2. The van der Waals surface area contributed by atoms with Crippen LogP contribution in [0.3, 0.4) is 0 Å². The highest BCUT2D eigenvalue weighted by atomic mass is 16.5. The molecule has 1 aliphatic heterocycles. The Bertz CT molecular complexity index is 276. The summed E-state index contributed by atoms with van der Waals surface area (Å²) in [7, 11) is 0. The monoisotopic (exact) mass is 230 g/mol. The Morgan fingerprint density at radius 2 is 2.19 bits per heavy atom. The average molecular weight is 230 g/mol. The second-order valence-electron chi connectivity index (χ2n) is 4.05. The van der Waals surface area contributed by atoms with Crippen molar-refractivity contribution in [3.8, 4) is 0 Å². The van der Waals surface area contributed by atoms with Crippen LogP contribution < -0.4 is 10.6 Å². The van der Waals surface area contributed by atoms with Gasteiger partial charge >= 0.3 is 5.97 Å². The molecule has 1 heterocycles. The highest BCUT2D eigenvalue weighted by Gasteiger charge is 2.35. The van der Waals surface area contributed by atoms with Crippen LogP contribution in [0, 0.1) is 0 Å². The van der Waals surface area contributed by atoms with Crippen LogP contribution in [0.4, 0.5) is 0 Å². The molecule has 1 unspecified atom stereocenters. The summed E-state index contributed by atoms with van der Waals surface area (Å²) in [6.45, 7) is 4.14. The van der Waals surface area contributed by atoms with Crippen molar-refractivity contribution in [1.82, 2.24) is 10.6 Å². The second-order valence-corrected chi connectivity index (χ2v) is 4.05. The van der Waals surface area contributed by atoms with Crippen molar-refractivity contribution >= 4 is 11.9 Å². The third-order valence-electron chi connectivity index (χ3n) is 2.47. The van der Waals surface area contributed by atoms with Gasteiger partial charge in [-0.2, -0.15) is 0 Å². The molecule has 1 fully saturated rings. The summed E-state index contributed by atoms with van der Waals surface area (Å²) in [6.07, 6.45) is -0.351. The van der Waals surface area contributed by atoms with E-state index in [2.05, 4.69) is 10.6 Å². The van der Waals surface area contributed by atoms with Crippen LogP contribution in [-0.4, -0.2) is 48.3 Å². The van der Waals surface area contributed by atoms with Gasteiger partial charge in [-0.1, -0.05) is 6.92 Å². The molecule has 0 radical (unpaired) electrons. The van der Waals surface area contributed by atoms with E-state index in [9.17, 15) is 14.7 Å². The molecule has 0 aromatic rings. The van der Waals surface area contributed by atoms with Crippen LogP contribution in [0.2, 0.25) is 0 Å². The van der Waals surface area contributed by atoms with Crippen molar-refractivity contribution in [2.75, 3.05) is 19.6 Å². The molecule has 0 aromatic heterocycles. The highest BCUT2D eigenvalue weighted by Crippen LogP contribution is 2.08. The summed E-state index contributed by atoms with van der Waals surface area (Å²) < 4.78 is 4.83. The molecule has 3 N–H and O–H groups in total. The number of ether oxygens (including phenoxy) is 1. The molecule has 16 heavy (non-hydrogen) atoms. The third kappa shape index (κ3) is 3.46. The van der Waals surface area contributed by atoms with E-state index >= 15 is 0 Å². The van der Waals surface area contributed by atoms with E-state index in [4.69, 9.17) is 4.74 Å². The van der Waals surface area contributed by atoms with Gasteiger partial charge in [0.1, 0.15) is 5.60 Å². The van der Waals surface area contributed by atoms with Crippen molar-refractivity contribution in [3.05, 3.63) is 0 Å². The zero-order valence-corrected chi connectivity index (χ0v) is 9.58. The van der Waals surface area contributed by atoms with Crippen LogP contribution in [0.1, 0.15) is 20.3 Å². The van der Waals surface area contributed by atoms with Gasteiger partial charge in [0.25, 0.3) is 5.91 Å². The van der Waals surface area contributed by atoms with Gasteiger partial charge in [0.15, 0.2) is 6.10 Å². The van der Waals surface area contributed by atoms with Crippen molar-refractivity contribution in [3.63, 3.8) is 0 Å². The fourth-order valence-corrected chi connectivity index (χ4v) is 1.43. The molecule has 6 heteroatoms. The molecule has 0 aliphatic carbocycles. The van der Waals surface area contributed by atoms with E-state index in [1.165, 1.54) is 6.92 Å². The third-order valence-corrected chi connectivity index (χ3v) is 2.47. The maximum atomic E-state index is 11.6. The maximum absolute atomic E-state index is 11.6. The minimum atomic E-state index is -0.857. The highest BCUT2D eigenvalue weighted by molar-refractivity contribution is 5.83. The number of aliphatic hydroxyl groups is 1. The number of β-amino-alcohol motifs (C(OH)–C–C–N with tert-alkyl or cyclic N) is 1. The van der Waals surface area contributed by atoms with Gasteiger partial charge in [-0.15, -0.1) is 0 Å². The lowest BCUT2D eigenvalue weighted by atomic mass is 9.97. The molecule has 0 bridgehead atoms. The van der Waals surface area contributed by atoms with E-state index < -0.39 is 17.7 Å². The smallest absolute Gasteiger partial charge is 0.303 e. The minimum Gasteiger partial charge on any atom is -0.452 e. The van der Waals surface area contributed by atoms with E-state index in [1.807, 2.05) is 0 Å². The molecule has 1 saturated heterocycles. The first kappa shape index (κ1) is 12.9. The van der Waals surface area contributed by atoms with Crippen LogP contribution in [0.5, 0.6) is 0 Å². The van der Waals surface area contributed by atoms with E-state index in [0.29, 0.717) is 19.5 Å². The number of hydrogen-bond acceptors (Lipinski definition) is 5. The normalized spacial score (nSPS) is 19.4. The fourth-order valence-electron chi connectivity index (χ4n) is 1.43. The predicted molar refractivity (Wildman–Crippen MR) is 56.7 cm³/mol. The quantitative estimate of drug-likeness (QED) is 0.515. The SMILES string of the molecule is CCC(OC(C)=O)C(=O)NCC1(O)CNC1. The van der Waals surface area contributed by atoms with Crippen molar-refractivity contribution in [2.24, 2.45) is 0 Å². The number of hydrogen-bond donors (Lipinski definition) is 3. The minimum absolute atomic E-state index is 0.177. The van der Waals surface area contributed by atoms with Gasteiger partial charge in [0.05, 0.1) is 0 Å². The number of esters is 1. The first-order valence-electron chi connectivity index (χ1n) is 5.35. The maximum Gasteiger partial charge on any atom is 0.303 e. The van der Waals surface area contributed by atoms with E-state index in [0.717, 1.165) is 0 Å². The molecule has 0 saturated carbocycles. The number of nitrogens with one attached hydrogen (secondary N) is 2. The summed E-state index contributed by atoms with van der Waals surface area (Å²) >= 11 is 0. The summed E-state index contributed by atoms with van der Waals surface area (Å²) in [6, 6.07) is 0. The lowest BCUT2D eigenvalue weighted by molar-refractivity contribution is -0.154. The Kier molecular flexibility index (Phi) is 4.26. The van der Waals surface area contributed by atoms with Crippen LogP contribution in [-0.2, 0) is 14.3 Å². The number of carbonyl (C=O) groups excluding carboxylic acids is 2. The van der Waals surface area contributed by atoms with Crippen molar-refractivity contribution in [2.45, 2.75) is 32.0 Å². The molecule has 0 aromatic carbocycles. The van der Waals surface area contributed by atoms with E-state index in [1.54, 1.807) is 6.92 Å². The van der Waals surface area contributed by atoms with E-state index in [-0.39, 0.29) is 12.5 Å². The molecule has 1 amide bonds. The topological polar surface area (TPSA) is 87.7 Å². The average Bonchev–Trinajstić information content (AvgIpc) is 2.19. The van der Waals surface area contributed by atoms with Gasteiger partial charge in [0, 0.05) is 26.6 Å². The molecule has 0 spiro atoms. The summed E-state index contributed by atoms with van der Waals surface area (Å²) in [5.41, 5.74) is -0.857. The van der Waals surface area contributed by atoms with Gasteiger partial charge in [0.2, 0.25) is 0 Å². The van der Waals surface area contributed by atoms with Crippen molar-refractivity contribution < 1.29 is 19.4 Å². The number of amides is 1. The van der Waals surface area contributed by atoms with Crippen LogP contribution in [0.25, 0.3) is 0 Å². The Morgan fingerprint density at radius 1 is 1.56 bits per heavy atom. The fraction of sp³-hybridized carbons (Fsp3) is 0.800. The first-order valence-corrected chi connectivity index (χ1v) is 5.35. The molecule has 1 atom stereocenters. The van der Waals surface area contributed by atoms with Gasteiger partial charge < -0.3 is 20.5 Å². The van der Waals surface area contributed by atoms with Crippen molar-refractivity contribution in [1.29, 1.82) is 0 Å². The molecule has 1 aliphatic rings. The zero-order chi connectivity index (χ0) is 12.2. The summed E-state index contributed by atoms with van der Waals surface area (Å²) in [5, 5.41) is 15.2. The van der Waals surface area contributed by atoms with Crippen LogP contribution in [0.15, 0.2) is 0 Å². The summed E-state index contributed by atoms with van der Waals surface area (Å²) in [4.78, 5) is 22.3. The molecular weight excluding hydrogens is 212 g/mol. The zero-order valence-electron chi connectivity index (χ0n) is 9.58. The van der Waals surface area contributed by atoms with Crippen LogP contribution >= 0.6 is 0 Å². The predicted octanol–water partition coefficient (Wildman–Crippen LogP) is -1.22. The Balaban J connectivity index is 2.34. The van der Waals surface area contributed by atoms with Gasteiger partial charge in [-0.05, 0) is 6.42 Å². The molecular formula is C10H18N2O4. The Labute approximate surface area is 94.3 Å². The lowest BCUT2D eigenvalue weighted by Gasteiger charge is -2.37. The molecule has 92 valence electrons. The standard InChI is InChI=1S/C10H18N2O4/c1-3-8(16-7(2)13)9(14)12-6-10(15)4-11-5-10/h8,11,15H,3-6H2,1-2H3,(H,12,14). The van der Waals surface area contributed by atoms with Gasteiger partial charge in [-0.25, -0.2) is 0 Å². The largest absolute Gasteiger partial charge is 0.452 e. The Hall–Kier alpha value is -1.14. The number of rotatable bonds is 5. The van der Waals surface area contributed by atoms with Gasteiger partial charge in [-0.3, -0.25) is 9.59 Å². The summed E-state index contributed by atoms with van der Waals surface area (Å²) in [5.74, 6) is -0.843. The molecule has 1 rings (SSSR count). The second kappa shape index (κ2) is 5.27. The molecule has 6 nitrogen and oxygen atoms in total. The first-order chi connectivity index (χ1) is 7.47. The Morgan fingerprint density at radius 3 is 2.56 bits per heavy atom.